The molecule has 0 atom stereocenters. The van der Waals surface area contributed by atoms with E-state index in [1.165, 1.54) is 45.2 Å². The number of hydrogen-bond donors (Lipinski definition) is 1. The lowest BCUT2D eigenvalue weighted by Crippen LogP contribution is -2.47. The van der Waals surface area contributed by atoms with Gasteiger partial charge in [-0.25, -0.2) is 9.97 Å². The molecule has 3 heterocycles. The second-order valence-electron chi connectivity index (χ2n) is 6.25. The molecule has 21 heavy (non-hydrogen) atoms. The molecular weight excluding hydrogens is 264 g/mol. The number of anilines is 1. The van der Waals surface area contributed by atoms with Crippen LogP contribution in [0.4, 0.5) is 5.95 Å². The molecule has 0 spiro atoms. The van der Waals surface area contributed by atoms with Gasteiger partial charge in [-0.05, 0) is 45.7 Å². The van der Waals surface area contributed by atoms with Crippen molar-refractivity contribution in [3.8, 4) is 0 Å². The van der Waals surface area contributed by atoms with E-state index >= 15 is 0 Å². The molecule has 116 valence electrons. The smallest absolute Gasteiger partial charge is 0.225 e. The topological polar surface area (TPSA) is 52.5 Å². The highest BCUT2D eigenvalue weighted by molar-refractivity contribution is 5.33. The van der Waals surface area contributed by atoms with Gasteiger partial charge in [-0.2, -0.15) is 0 Å². The van der Waals surface area contributed by atoms with Gasteiger partial charge in [-0.3, -0.25) is 0 Å². The first-order valence-electron chi connectivity index (χ1n) is 8.20. The number of aromatic nitrogens is 2. The van der Waals surface area contributed by atoms with E-state index in [1.807, 2.05) is 6.92 Å². The Labute approximate surface area is 127 Å². The molecule has 1 aromatic rings. The molecule has 0 saturated carbocycles. The van der Waals surface area contributed by atoms with Gasteiger partial charge in [-0.1, -0.05) is 6.42 Å². The molecule has 0 aliphatic carbocycles. The summed E-state index contributed by atoms with van der Waals surface area (Å²) in [6.45, 7) is 6.61. The van der Waals surface area contributed by atoms with Crippen molar-refractivity contribution in [3.05, 3.63) is 17.5 Å². The predicted octanol–water partition coefficient (Wildman–Crippen LogP) is 1.73. The average molecular weight is 290 g/mol. The van der Waals surface area contributed by atoms with Gasteiger partial charge in [0.25, 0.3) is 0 Å². The zero-order valence-corrected chi connectivity index (χ0v) is 13.0. The third-order valence-corrected chi connectivity index (χ3v) is 4.89. The molecule has 0 radical (unpaired) electrons. The predicted molar refractivity (Wildman–Crippen MR) is 83.4 cm³/mol. The van der Waals surface area contributed by atoms with E-state index in [0.29, 0.717) is 0 Å². The Morgan fingerprint density at radius 2 is 1.86 bits per heavy atom. The fourth-order valence-corrected chi connectivity index (χ4v) is 3.50. The van der Waals surface area contributed by atoms with Crippen LogP contribution in [0.15, 0.2) is 6.20 Å². The normalized spacial score (nSPS) is 21.7. The lowest BCUT2D eigenvalue weighted by atomic mass is 10.00. The zero-order chi connectivity index (χ0) is 14.7. The lowest BCUT2D eigenvalue weighted by molar-refractivity contribution is 0.141. The zero-order valence-electron chi connectivity index (χ0n) is 13.0. The number of nitrogens with zero attached hydrogens (tertiary/aromatic N) is 4. The summed E-state index contributed by atoms with van der Waals surface area (Å²) in [5.74, 6) is 0.821. The summed E-state index contributed by atoms with van der Waals surface area (Å²) in [7, 11) is 0. The van der Waals surface area contributed by atoms with E-state index in [0.717, 1.165) is 36.3 Å². The van der Waals surface area contributed by atoms with E-state index in [-0.39, 0.29) is 6.61 Å². The van der Waals surface area contributed by atoms with Gasteiger partial charge in [0.05, 0.1) is 6.61 Å². The Morgan fingerprint density at radius 1 is 1.14 bits per heavy atom. The molecule has 0 aromatic carbocycles. The summed E-state index contributed by atoms with van der Waals surface area (Å²) in [6, 6.07) is 0.749. The van der Waals surface area contributed by atoms with Crippen molar-refractivity contribution in [3.63, 3.8) is 0 Å². The fourth-order valence-electron chi connectivity index (χ4n) is 3.50. The number of aryl methyl sites for hydroxylation is 1. The Hall–Kier alpha value is -1.20. The van der Waals surface area contributed by atoms with E-state index in [9.17, 15) is 5.11 Å². The Kier molecular flexibility index (Phi) is 4.70. The number of aliphatic hydroxyl groups excluding tert-OH is 1. The van der Waals surface area contributed by atoms with Crippen molar-refractivity contribution < 1.29 is 5.11 Å². The van der Waals surface area contributed by atoms with Crippen LogP contribution >= 0.6 is 0 Å². The highest BCUT2D eigenvalue weighted by atomic mass is 16.3. The summed E-state index contributed by atoms with van der Waals surface area (Å²) in [5, 5.41) is 9.20. The molecular formula is C16H26N4O. The van der Waals surface area contributed by atoms with Gasteiger partial charge < -0.3 is 14.9 Å². The van der Waals surface area contributed by atoms with Gasteiger partial charge in [-0.15, -0.1) is 0 Å². The van der Waals surface area contributed by atoms with Gasteiger partial charge >= 0.3 is 0 Å². The molecule has 2 aliphatic rings. The van der Waals surface area contributed by atoms with Gasteiger partial charge in [0.1, 0.15) is 0 Å². The second-order valence-corrected chi connectivity index (χ2v) is 6.25. The largest absolute Gasteiger partial charge is 0.392 e. The quantitative estimate of drug-likeness (QED) is 0.919. The van der Waals surface area contributed by atoms with E-state index in [4.69, 9.17) is 0 Å². The van der Waals surface area contributed by atoms with E-state index < -0.39 is 0 Å². The third kappa shape index (κ3) is 3.35. The van der Waals surface area contributed by atoms with E-state index in [2.05, 4.69) is 19.8 Å². The standard InChI is InChI=1S/C16H26N4O/c1-13-14(12-21)11-17-16(18-13)20-9-5-15(6-10-20)19-7-3-2-4-8-19/h11,15,21H,2-10,12H2,1H3. The SMILES string of the molecule is Cc1nc(N2CCC(N3CCCCC3)CC2)ncc1CO. The van der Waals surface area contributed by atoms with Crippen molar-refractivity contribution in [1.82, 2.24) is 14.9 Å². The van der Waals surface area contributed by atoms with E-state index in [1.54, 1.807) is 6.20 Å². The first-order chi connectivity index (χ1) is 10.3. The lowest BCUT2D eigenvalue weighted by Gasteiger charge is -2.40. The summed E-state index contributed by atoms with van der Waals surface area (Å²) in [4.78, 5) is 13.9. The summed E-state index contributed by atoms with van der Waals surface area (Å²) in [5.41, 5.74) is 1.71. The Morgan fingerprint density at radius 3 is 2.48 bits per heavy atom. The number of piperidine rings is 2. The van der Waals surface area contributed by atoms with Crippen LogP contribution < -0.4 is 4.90 Å². The first-order valence-corrected chi connectivity index (χ1v) is 8.20. The molecule has 1 N–H and O–H groups in total. The number of hydrogen-bond acceptors (Lipinski definition) is 5. The summed E-state index contributed by atoms with van der Waals surface area (Å²) < 4.78 is 0. The molecule has 2 fully saturated rings. The molecule has 0 amide bonds. The number of likely N-dealkylation sites (tertiary alicyclic amines) is 1. The minimum absolute atomic E-state index is 0.0170. The van der Waals surface area contributed by atoms with Crippen molar-refractivity contribution in [2.75, 3.05) is 31.1 Å². The molecule has 1 aromatic heterocycles. The highest BCUT2D eigenvalue weighted by Crippen LogP contribution is 2.23. The van der Waals surface area contributed by atoms with Crippen LogP contribution in [0.2, 0.25) is 0 Å². The van der Waals surface area contributed by atoms with Crippen LogP contribution in [0.1, 0.15) is 43.4 Å². The first kappa shape index (κ1) is 14.7. The van der Waals surface area contributed by atoms with Crippen LogP contribution in [0.25, 0.3) is 0 Å². The van der Waals surface area contributed by atoms with Gasteiger partial charge in [0, 0.05) is 36.6 Å². The maximum absolute atomic E-state index is 9.20. The Balaban J connectivity index is 1.58. The van der Waals surface area contributed by atoms with Crippen LogP contribution in [0, 0.1) is 6.92 Å². The van der Waals surface area contributed by atoms with Gasteiger partial charge in [0.2, 0.25) is 5.95 Å². The molecule has 2 saturated heterocycles. The molecule has 5 nitrogen and oxygen atoms in total. The minimum Gasteiger partial charge on any atom is -0.392 e. The van der Waals surface area contributed by atoms with Crippen molar-refractivity contribution >= 4 is 5.95 Å². The highest BCUT2D eigenvalue weighted by Gasteiger charge is 2.26. The van der Waals surface area contributed by atoms with Crippen molar-refractivity contribution in [2.45, 2.75) is 51.7 Å². The van der Waals surface area contributed by atoms with Gasteiger partial charge in [0.15, 0.2) is 0 Å². The van der Waals surface area contributed by atoms with Crippen molar-refractivity contribution in [2.24, 2.45) is 0 Å². The Bertz CT molecular complexity index is 465. The van der Waals surface area contributed by atoms with Crippen LogP contribution in [0.3, 0.4) is 0 Å². The monoisotopic (exact) mass is 290 g/mol. The maximum atomic E-state index is 9.20. The molecule has 3 rings (SSSR count). The fraction of sp³-hybridized carbons (Fsp3) is 0.750. The van der Waals surface area contributed by atoms with Crippen LogP contribution in [-0.2, 0) is 6.61 Å². The molecule has 5 heteroatoms. The molecule has 0 unspecified atom stereocenters. The maximum Gasteiger partial charge on any atom is 0.225 e. The average Bonchev–Trinajstić information content (AvgIpc) is 2.56. The minimum atomic E-state index is 0.0170. The number of aliphatic hydroxyl groups is 1. The molecule has 2 aliphatic heterocycles. The second kappa shape index (κ2) is 6.71. The van der Waals surface area contributed by atoms with Crippen molar-refractivity contribution in [1.29, 1.82) is 0 Å². The third-order valence-electron chi connectivity index (χ3n) is 4.89. The van der Waals surface area contributed by atoms with Crippen LogP contribution in [0.5, 0.6) is 0 Å². The summed E-state index contributed by atoms with van der Waals surface area (Å²) in [6.07, 6.45) is 8.32. The number of rotatable bonds is 3. The van der Waals surface area contributed by atoms with Crippen LogP contribution in [-0.4, -0.2) is 52.2 Å². The molecule has 0 bridgehead atoms. The summed E-state index contributed by atoms with van der Waals surface area (Å²) >= 11 is 0.